The van der Waals surface area contributed by atoms with Gasteiger partial charge in [-0.3, -0.25) is 9.59 Å². The third-order valence-corrected chi connectivity index (χ3v) is 3.86. The summed E-state index contributed by atoms with van der Waals surface area (Å²) in [5, 5.41) is 6.42. The topological polar surface area (TPSA) is 58.2 Å². The second-order valence-electron chi connectivity index (χ2n) is 4.95. The van der Waals surface area contributed by atoms with Gasteiger partial charge in [0.25, 0.3) is 0 Å². The predicted octanol–water partition coefficient (Wildman–Crippen LogP) is 4.52. The molecule has 2 rings (SSSR count). The minimum atomic E-state index is -0.159. The Bertz CT molecular complexity index is 715. The first-order valence-corrected chi connectivity index (χ1v) is 7.87. The molecule has 2 N–H and O–H groups in total. The normalized spacial score (nSPS) is 10.2. The van der Waals surface area contributed by atoms with Gasteiger partial charge in [-0.2, -0.15) is 0 Å². The van der Waals surface area contributed by atoms with Crippen LogP contribution in [-0.4, -0.2) is 11.8 Å². The summed E-state index contributed by atoms with van der Waals surface area (Å²) in [6.45, 7) is 1.78. The maximum absolute atomic E-state index is 12.0. The Kier molecular flexibility index (Phi) is 6.02. The molecule has 0 radical (unpaired) electrons. The molecule has 2 amide bonds. The molecular weight excluding hydrogens is 335 g/mol. The standard InChI is InChI=1S/C17H16Cl2N2O2/c1-2-16(22)20-12-4-6-13(7-5-12)21-17(23)10-11-3-8-14(18)15(19)9-11/h3-9H,2,10H2,1H3,(H,20,22)(H,21,23). The number of nitrogens with one attached hydrogen (secondary N) is 2. The predicted molar refractivity (Wildman–Crippen MR) is 94.2 cm³/mol. The van der Waals surface area contributed by atoms with Gasteiger partial charge in [0, 0.05) is 17.8 Å². The van der Waals surface area contributed by atoms with Crippen LogP contribution >= 0.6 is 23.2 Å². The Balaban J connectivity index is 1.94. The Morgan fingerprint density at radius 1 is 0.870 bits per heavy atom. The van der Waals surface area contributed by atoms with Crippen molar-refractivity contribution in [1.82, 2.24) is 0 Å². The van der Waals surface area contributed by atoms with Crippen molar-refractivity contribution in [1.29, 1.82) is 0 Å². The maximum Gasteiger partial charge on any atom is 0.228 e. The second kappa shape index (κ2) is 7.99. The highest BCUT2D eigenvalue weighted by molar-refractivity contribution is 6.42. The molecule has 0 unspecified atom stereocenters. The van der Waals surface area contributed by atoms with E-state index in [1.54, 1.807) is 49.4 Å². The number of benzene rings is 2. The maximum atomic E-state index is 12.0. The summed E-state index contributed by atoms with van der Waals surface area (Å²) in [7, 11) is 0. The molecular formula is C17H16Cl2N2O2. The lowest BCUT2D eigenvalue weighted by atomic mass is 10.1. The van der Waals surface area contributed by atoms with Crippen LogP contribution in [0.25, 0.3) is 0 Å². The van der Waals surface area contributed by atoms with E-state index >= 15 is 0 Å². The number of carbonyl (C=O) groups is 2. The van der Waals surface area contributed by atoms with Crippen molar-refractivity contribution in [3.63, 3.8) is 0 Å². The van der Waals surface area contributed by atoms with Crippen LogP contribution < -0.4 is 10.6 Å². The van der Waals surface area contributed by atoms with E-state index in [-0.39, 0.29) is 18.2 Å². The van der Waals surface area contributed by atoms with Crippen LogP contribution in [0.15, 0.2) is 42.5 Å². The van der Waals surface area contributed by atoms with Gasteiger partial charge in [-0.1, -0.05) is 36.2 Å². The summed E-state index contributed by atoms with van der Waals surface area (Å²) in [5.74, 6) is -0.213. The summed E-state index contributed by atoms with van der Waals surface area (Å²) in [5.41, 5.74) is 2.13. The van der Waals surface area contributed by atoms with Crippen molar-refractivity contribution in [3.05, 3.63) is 58.1 Å². The Morgan fingerprint density at radius 3 is 1.96 bits per heavy atom. The molecule has 0 aromatic heterocycles. The molecule has 0 fully saturated rings. The zero-order valence-electron chi connectivity index (χ0n) is 12.5. The summed E-state index contributed by atoms with van der Waals surface area (Å²) in [4.78, 5) is 23.3. The first-order valence-electron chi connectivity index (χ1n) is 7.11. The fourth-order valence-corrected chi connectivity index (χ4v) is 2.25. The van der Waals surface area contributed by atoms with Crippen LogP contribution in [-0.2, 0) is 16.0 Å². The lowest BCUT2D eigenvalue weighted by Gasteiger charge is -2.08. The van der Waals surface area contributed by atoms with Crippen molar-refractivity contribution in [2.45, 2.75) is 19.8 Å². The van der Waals surface area contributed by atoms with Gasteiger partial charge in [0.2, 0.25) is 11.8 Å². The smallest absolute Gasteiger partial charge is 0.228 e. The summed E-state index contributed by atoms with van der Waals surface area (Å²) >= 11 is 11.8. The SMILES string of the molecule is CCC(=O)Nc1ccc(NC(=O)Cc2ccc(Cl)c(Cl)c2)cc1. The van der Waals surface area contributed by atoms with E-state index in [0.29, 0.717) is 27.8 Å². The van der Waals surface area contributed by atoms with Crippen LogP contribution in [0.3, 0.4) is 0 Å². The molecule has 0 atom stereocenters. The lowest BCUT2D eigenvalue weighted by Crippen LogP contribution is -2.14. The number of hydrogen-bond donors (Lipinski definition) is 2. The average molecular weight is 351 g/mol. The molecule has 0 saturated heterocycles. The second-order valence-corrected chi connectivity index (χ2v) is 5.77. The average Bonchev–Trinajstić information content (AvgIpc) is 2.52. The summed E-state index contributed by atoms with van der Waals surface area (Å²) in [6, 6.07) is 12.0. The van der Waals surface area contributed by atoms with Gasteiger partial charge in [0.1, 0.15) is 0 Å². The molecule has 23 heavy (non-hydrogen) atoms. The molecule has 6 heteroatoms. The molecule has 4 nitrogen and oxygen atoms in total. The third kappa shape index (κ3) is 5.27. The molecule has 2 aromatic rings. The molecule has 120 valence electrons. The van der Waals surface area contributed by atoms with Crippen LogP contribution in [0.2, 0.25) is 10.0 Å². The van der Waals surface area contributed by atoms with E-state index in [4.69, 9.17) is 23.2 Å². The van der Waals surface area contributed by atoms with E-state index in [2.05, 4.69) is 10.6 Å². The van der Waals surface area contributed by atoms with Gasteiger partial charge in [-0.15, -0.1) is 0 Å². The van der Waals surface area contributed by atoms with Crippen molar-refractivity contribution < 1.29 is 9.59 Å². The number of carbonyl (C=O) groups excluding carboxylic acids is 2. The summed E-state index contributed by atoms with van der Waals surface area (Å²) in [6.07, 6.45) is 0.618. The zero-order chi connectivity index (χ0) is 16.8. The minimum Gasteiger partial charge on any atom is -0.326 e. The Hall–Kier alpha value is -2.04. The largest absolute Gasteiger partial charge is 0.326 e. The molecule has 0 aliphatic rings. The minimum absolute atomic E-state index is 0.0543. The van der Waals surface area contributed by atoms with Gasteiger partial charge in [0.05, 0.1) is 16.5 Å². The highest BCUT2D eigenvalue weighted by Crippen LogP contribution is 2.23. The van der Waals surface area contributed by atoms with Crippen LogP contribution in [0, 0.1) is 0 Å². The highest BCUT2D eigenvalue weighted by Gasteiger charge is 2.07. The van der Waals surface area contributed by atoms with E-state index < -0.39 is 0 Å². The monoisotopic (exact) mass is 350 g/mol. The quantitative estimate of drug-likeness (QED) is 0.832. The van der Waals surface area contributed by atoms with Crippen molar-refractivity contribution in [2.24, 2.45) is 0 Å². The fraction of sp³-hybridized carbons (Fsp3) is 0.176. The first-order chi connectivity index (χ1) is 11.0. The van der Waals surface area contributed by atoms with Crippen LogP contribution in [0.4, 0.5) is 11.4 Å². The molecule has 0 bridgehead atoms. The first kappa shape index (κ1) is 17.3. The zero-order valence-corrected chi connectivity index (χ0v) is 14.0. The molecule has 0 saturated carbocycles. The van der Waals surface area contributed by atoms with Crippen molar-refractivity contribution >= 4 is 46.4 Å². The number of rotatable bonds is 5. The lowest BCUT2D eigenvalue weighted by molar-refractivity contribution is -0.116. The number of anilines is 2. The molecule has 0 spiro atoms. The van der Waals surface area contributed by atoms with E-state index in [1.807, 2.05) is 0 Å². The van der Waals surface area contributed by atoms with Gasteiger partial charge in [-0.25, -0.2) is 0 Å². The van der Waals surface area contributed by atoms with Gasteiger partial charge in [0.15, 0.2) is 0 Å². The van der Waals surface area contributed by atoms with E-state index in [1.165, 1.54) is 0 Å². The molecule has 0 heterocycles. The van der Waals surface area contributed by atoms with E-state index in [0.717, 1.165) is 5.56 Å². The Labute approximate surface area is 144 Å². The van der Waals surface area contributed by atoms with Crippen LogP contribution in [0.5, 0.6) is 0 Å². The molecule has 0 aliphatic carbocycles. The molecule has 0 aliphatic heterocycles. The van der Waals surface area contributed by atoms with Gasteiger partial charge >= 0.3 is 0 Å². The van der Waals surface area contributed by atoms with Crippen molar-refractivity contribution in [2.75, 3.05) is 10.6 Å². The van der Waals surface area contributed by atoms with Gasteiger partial charge < -0.3 is 10.6 Å². The fourth-order valence-electron chi connectivity index (χ4n) is 1.93. The van der Waals surface area contributed by atoms with Crippen LogP contribution in [0.1, 0.15) is 18.9 Å². The summed E-state index contributed by atoms with van der Waals surface area (Å²) < 4.78 is 0. The number of halogens is 2. The Morgan fingerprint density at radius 2 is 1.43 bits per heavy atom. The van der Waals surface area contributed by atoms with E-state index in [9.17, 15) is 9.59 Å². The third-order valence-electron chi connectivity index (χ3n) is 3.12. The highest BCUT2D eigenvalue weighted by atomic mass is 35.5. The number of amides is 2. The van der Waals surface area contributed by atoms with Gasteiger partial charge in [-0.05, 0) is 42.0 Å². The number of hydrogen-bond acceptors (Lipinski definition) is 2. The van der Waals surface area contributed by atoms with Crippen molar-refractivity contribution in [3.8, 4) is 0 Å². The molecule has 2 aromatic carbocycles.